The average Bonchev–Trinajstić information content (AvgIpc) is 2.39. The lowest BCUT2D eigenvalue weighted by Crippen LogP contribution is -2.40. The predicted octanol–water partition coefficient (Wildman–Crippen LogP) is 1.66. The molecule has 20 heavy (non-hydrogen) atoms. The minimum Gasteiger partial charge on any atom is -0.481 e. The molecule has 1 aromatic rings. The molecule has 0 fully saturated rings. The van der Waals surface area contributed by atoms with Crippen LogP contribution in [0, 0.1) is 11.6 Å². The normalized spacial score (nSPS) is 12.7. The zero-order valence-corrected chi connectivity index (χ0v) is 11.4. The Morgan fingerprint density at radius 2 is 2.05 bits per heavy atom. The third-order valence-corrected chi connectivity index (χ3v) is 3.18. The standard InChI is InChI=1S/C14H19F2NO3/c1-2-17(5-6-18)11(9-14(19)20)7-10-3-4-12(15)13(16)8-10/h3-4,8,11,18H,2,5-7,9H2,1H3,(H,19,20). The van der Waals surface area contributed by atoms with E-state index in [1.54, 1.807) is 0 Å². The number of aliphatic carboxylic acids is 1. The molecule has 112 valence electrons. The highest BCUT2D eigenvalue weighted by Crippen LogP contribution is 2.15. The highest BCUT2D eigenvalue weighted by Gasteiger charge is 2.20. The van der Waals surface area contributed by atoms with E-state index in [2.05, 4.69) is 0 Å². The summed E-state index contributed by atoms with van der Waals surface area (Å²) >= 11 is 0. The summed E-state index contributed by atoms with van der Waals surface area (Å²) in [7, 11) is 0. The molecule has 1 unspecified atom stereocenters. The lowest BCUT2D eigenvalue weighted by atomic mass is 10.0. The van der Waals surface area contributed by atoms with Crippen LogP contribution in [-0.4, -0.2) is 46.8 Å². The predicted molar refractivity (Wildman–Crippen MR) is 70.4 cm³/mol. The highest BCUT2D eigenvalue weighted by molar-refractivity contribution is 5.67. The molecule has 0 aliphatic carbocycles. The Morgan fingerprint density at radius 1 is 1.35 bits per heavy atom. The van der Waals surface area contributed by atoms with Gasteiger partial charge in [-0.05, 0) is 30.7 Å². The molecule has 0 aliphatic rings. The molecule has 1 atom stereocenters. The van der Waals surface area contributed by atoms with Gasteiger partial charge in [-0.3, -0.25) is 9.69 Å². The molecule has 0 saturated heterocycles. The number of carbonyl (C=O) groups is 1. The van der Waals surface area contributed by atoms with E-state index in [0.29, 0.717) is 18.7 Å². The fraction of sp³-hybridized carbons (Fsp3) is 0.500. The molecule has 0 spiro atoms. The second-order valence-electron chi connectivity index (χ2n) is 4.56. The molecule has 0 radical (unpaired) electrons. The Kier molecular flexibility index (Phi) is 6.54. The van der Waals surface area contributed by atoms with Crippen molar-refractivity contribution in [3.8, 4) is 0 Å². The van der Waals surface area contributed by atoms with E-state index in [0.717, 1.165) is 12.1 Å². The minimum absolute atomic E-state index is 0.0816. The van der Waals surface area contributed by atoms with Crippen molar-refractivity contribution in [3.63, 3.8) is 0 Å². The maximum Gasteiger partial charge on any atom is 0.304 e. The van der Waals surface area contributed by atoms with Crippen molar-refractivity contribution in [3.05, 3.63) is 35.4 Å². The van der Waals surface area contributed by atoms with E-state index in [1.165, 1.54) is 6.07 Å². The molecular weight excluding hydrogens is 268 g/mol. The quantitative estimate of drug-likeness (QED) is 0.763. The summed E-state index contributed by atoms with van der Waals surface area (Å²) in [5.74, 6) is -2.83. The Hall–Kier alpha value is -1.53. The van der Waals surface area contributed by atoms with Gasteiger partial charge < -0.3 is 10.2 Å². The lowest BCUT2D eigenvalue weighted by molar-refractivity contribution is -0.138. The zero-order chi connectivity index (χ0) is 15.1. The van der Waals surface area contributed by atoms with Crippen LogP contribution in [0.5, 0.6) is 0 Å². The van der Waals surface area contributed by atoms with Crippen LogP contribution in [0.1, 0.15) is 18.9 Å². The summed E-state index contributed by atoms with van der Waals surface area (Å²) in [6.45, 7) is 2.69. The molecule has 4 nitrogen and oxygen atoms in total. The fourth-order valence-electron chi connectivity index (χ4n) is 2.20. The van der Waals surface area contributed by atoms with Gasteiger partial charge in [0.05, 0.1) is 13.0 Å². The van der Waals surface area contributed by atoms with Gasteiger partial charge in [0.15, 0.2) is 11.6 Å². The van der Waals surface area contributed by atoms with Crippen molar-refractivity contribution in [1.82, 2.24) is 4.90 Å². The molecule has 0 saturated carbocycles. The second-order valence-corrected chi connectivity index (χ2v) is 4.56. The molecular formula is C14H19F2NO3. The van der Waals surface area contributed by atoms with Crippen LogP contribution >= 0.6 is 0 Å². The zero-order valence-electron chi connectivity index (χ0n) is 11.4. The number of rotatable bonds is 8. The van der Waals surface area contributed by atoms with Gasteiger partial charge >= 0.3 is 5.97 Å². The number of aliphatic hydroxyl groups is 1. The van der Waals surface area contributed by atoms with Gasteiger partial charge in [-0.15, -0.1) is 0 Å². The first kappa shape index (κ1) is 16.5. The van der Waals surface area contributed by atoms with Gasteiger partial charge in [0.25, 0.3) is 0 Å². The van der Waals surface area contributed by atoms with Crippen LogP contribution in [0.4, 0.5) is 8.78 Å². The van der Waals surface area contributed by atoms with Gasteiger partial charge in [-0.1, -0.05) is 13.0 Å². The number of carboxylic acids is 1. The van der Waals surface area contributed by atoms with Crippen LogP contribution in [0.2, 0.25) is 0 Å². The molecule has 0 amide bonds. The maximum absolute atomic E-state index is 13.2. The Bertz CT molecular complexity index is 454. The Morgan fingerprint density at radius 3 is 2.55 bits per heavy atom. The van der Waals surface area contributed by atoms with E-state index in [-0.39, 0.29) is 25.5 Å². The summed E-state index contributed by atoms with van der Waals surface area (Å²) in [5, 5.41) is 17.9. The van der Waals surface area contributed by atoms with Crippen molar-refractivity contribution in [1.29, 1.82) is 0 Å². The van der Waals surface area contributed by atoms with Gasteiger partial charge in [0, 0.05) is 12.6 Å². The molecule has 0 aliphatic heterocycles. The van der Waals surface area contributed by atoms with Crippen molar-refractivity contribution >= 4 is 5.97 Å². The average molecular weight is 287 g/mol. The first-order valence-corrected chi connectivity index (χ1v) is 6.48. The van der Waals surface area contributed by atoms with Gasteiger partial charge in [0.1, 0.15) is 0 Å². The third kappa shape index (κ3) is 4.86. The summed E-state index contributed by atoms with van der Waals surface area (Å²) in [6.07, 6.45) is 0.171. The van der Waals surface area contributed by atoms with Crippen LogP contribution < -0.4 is 0 Å². The highest BCUT2D eigenvalue weighted by atomic mass is 19.2. The van der Waals surface area contributed by atoms with Crippen LogP contribution in [0.25, 0.3) is 0 Å². The first-order valence-electron chi connectivity index (χ1n) is 6.48. The maximum atomic E-state index is 13.2. The fourth-order valence-corrected chi connectivity index (χ4v) is 2.20. The van der Waals surface area contributed by atoms with E-state index in [4.69, 9.17) is 10.2 Å². The Labute approximate surface area is 116 Å². The van der Waals surface area contributed by atoms with Crippen molar-refractivity contribution < 1.29 is 23.8 Å². The number of hydrogen-bond donors (Lipinski definition) is 2. The summed E-state index contributed by atoms with van der Waals surface area (Å²) in [5.41, 5.74) is 0.534. The number of nitrogens with zero attached hydrogens (tertiary/aromatic N) is 1. The summed E-state index contributed by atoms with van der Waals surface area (Å²) in [4.78, 5) is 12.7. The first-order chi connectivity index (χ1) is 9.47. The summed E-state index contributed by atoms with van der Waals surface area (Å²) in [6, 6.07) is 3.19. The number of likely N-dealkylation sites (N-methyl/N-ethyl adjacent to an activating group) is 1. The molecule has 0 bridgehead atoms. The molecule has 6 heteroatoms. The Balaban J connectivity index is 2.87. The van der Waals surface area contributed by atoms with E-state index in [1.807, 2.05) is 11.8 Å². The van der Waals surface area contributed by atoms with Crippen LogP contribution in [-0.2, 0) is 11.2 Å². The van der Waals surface area contributed by atoms with Crippen molar-refractivity contribution in [2.45, 2.75) is 25.8 Å². The number of hydrogen-bond acceptors (Lipinski definition) is 3. The molecule has 2 N–H and O–H groups in total. The molecule has 0 heterocycles. The van der Waals surface area contributed by atoms with Gasteiger partial charge in [-0.2, -0.15) is 0 Å². The van der Waals surface area contributed by atoms with E-state index >= 15 is 0 Å². The molecule has 1 rings (SSSR count). The number of halogens is 2. The number of carboxylic acid groups (broad SMARTS) is 1. The SMILES string of the molecule is CCN(CCO)C(CC(=O)O)Cc1ccc(F)c(F)c1. The number of benzene rings is 1. The minimum atomic E-state index is -0.964. The monoisotopic (exact) mass is 287 g/mol. The molecule has 1 aromatic carbocycles. The van der Waals surface area contributed by atoms with Gasteiger partial charge in [0.2, 0.25) is 0 Å². The van der Waals surface area contributed by atoms with Gasteiger partial charge in [-0.25, -0.2) is 8.78 Å². The van der Waals surface area contributed by atoms with Crippen LogP contribution in [0.15, 0.2) is 18.2 Å². The molecule has 0 aromatic heterocycles. The van der Waals surface area contributed by atoms with Crippen molar-refractivity contribution in [2.75, 3.05) is 19.7 Å². The third-order valence-electron chi connectivity index (χ3n) is 3.18. The van der Waals surface area contributed by atoms with Crippen LogP contribution in [0.3, 0.4) is 0 Å². The topological polar surface area (TPSA) is 60.8 Å². The lowest BCUT2D eigenvalue weighted by Gasteiger charge is -2.29. The van der Waals surface area contributed by atoms with E-state index < -0.39 is 17.6 Å². The second kappa shape index (κ2) is 7.91. The smallest absolute Gasteiger partial charge is 0.304 e. The summed E-state index contributed by atoms with van der Waals surface area (Å²) < 4.78 is 26.1. The number of aliphatic hydroxyl groups excluding tert-OH is 1. The largest absolute Gasteiger partial charge is 0.481 e. The van der Waals surface area contributed by atoms with E-state index in [9.17, 15) is 13.6 Å². The van der Waals surface area contributed by atoms with Crippen molar-refractivity contribution in [2.24, 2.45) is 0 Å².